The molecule has 2 aliphatic heterocycles. The summed E-state index contributed by atoms with van der Waals surface area (Å²) in [4.78, 5) is 41.8. The fourth-order valence-corrected chi connectivity index (χ4v) is 4.04. The summed E-state index contributed by atoms with van der Waals surface area (Å²) in [6.07, 6.45) is 3.58. The summed E-state index contributed by atoms with van der Waals surface area (Å²) in [5.41, 5.74) is 0.903. The number of anilines is 2. The third-order valence-corrected chi connectivity index (χ3v) is 5.63. The summed E-state index contributed by atoms with van der Waals surface area (Å²) < 4.78 is 10.7. The topological polar surface area (TPSA) is 92.1 Å². The van der Waals surface area contributed by atoms with Gasteiger partial charge in [-0.2, -0.15) is 0 Å². The summed E-state index contributed by atoms with van der Waals surface area (Å²) in [7, 11) is 1.28. The van der Waals surface area contributed by atoms with Gasteiger partial charge in [-0.25, -0.2) is 4.79 Å². The molecule has 1 aromatic heterocycles. The predicted octanol–water partition coefficient (Wildman–Crippen LogP) is 3.04. The van der Waals surface area contributed by atoms with E-state index in [0.29, 0.717) is 23.7 Å². The number of carbonyl (C=O) groups is 3. The molecule has 1 unspecified atom stereocenters. The maximum Gasteiger partial charge on any atom is 0.340 e. The third kappa shape index (κ3) is 3.70. The maximum absolute atomic E-state index is 13.4. The average molecular weight is 411 g/mol. The van der Waals surface area contributed by atoms with Crippen LogP contribution in [0.15, 0.2) is 34.7 Å². The molecule has 0 radical (unpaired) electrons. The number of piperidine rings is 1. The summed E-state index contributed by atoms with van der Waals surface area (Å²) in [5.74, 6) is -0.555. The minimum atomic E-state index is -0.813. The van der Waals surface area contributed by atoms with E-state index in [1.54, 1.807) is 37.3 Å². The standard InChI is InChI=1S/C22H25N3O5/c1-14-20(26)23-17-8-6-7-16(22(28)29-2)19(17)25(14)21(27)18-10-9-15(30-18)13-24-11-4-3-5-12-24/h6-10,14H,3-5,11-13H2,1-2H3,(H,23,26). The Balaban J connectivity index is 1.66. The molecule has 30 heavy (non-hydrogen) atoms. The highest BCUT2D eigenvalue weighted by atomic mass is 16.5. The molecule has 2 aliphatic rings. The number of furan rings is 1. The molecular formula is C22H25N3O5. The van der Waals surface area contributed by atoms with E-state index in [1.165, 1.54) is 31.3 Å². The Bertz CT molecular complexity index is 977. The van der Waals surface area contributed by atoms with Crippen LogP contribution in [0.5, 0.6) is 0 Å². The normalized spacial score (nSPS) is 19.2. The molecule has 0 bridgehead atoms. The lowest BCUT2D eigenvalue weighted by Gasteiger charge is -2.35. The van der Waals surface area contributed by atoms with Crippen LogP contribution in [0.1, 0.15) is 52.9 Å². The van der Waals surface area contributed by atoms with Crippen molar-refractivity contribution in [3.8, 4) is 0 Å². The van der Waals surface area contributed by atoms with Crippen LogP contribution in [0.4, 0.5) is 11.4 Å². The van der Waals surface area contributed by atoms with Crippen molar-refractivity contribution < 1.29 is 23.5 Å². The van der Waals surface area contributed by atoms with Crippen molar-refractivity contribution in [2.24, 2.45) is 0 Å². The molecule has 1 fully saturated rings. The summed E-state index contributed by atoms with van der Waals surface area (Å²) in [6, 6.07) is 7.46. The van der Waals surface area contributed by atoms with Crippen LogP contribution in [0.3, 0.4) is 0 Å². The highest BCUT2D eigenvalue weighted by molar-refractivity contribution is 6.19. The second-order valence-electron chi connectivity index (χ2n) is 7.64. The Labute approximate surface area is 174 Å². The zero-order valence-electron chi connectivity index (χ0n) is 17.1. The highest BCUT2D eigenvalue weighted by Gasteiger charge is 2.38. The Morgan fingerprint density at radius 3 is 2.67 bits per heavy atom. The van der Waals surface area contributed by atoms with Crippen molar-refractivity contribution in [3.63, 3.8) is 0 Å². The van der Waals surface area contributed by atoms with Crippen LogP contribution >= 0.6 is 0 Å². The fraction of sp³-hybridized carbons (Fsp3) is 0.409. The Morgan fingerprint density at radius 1 is 1.17 bits per heavy atom. The molecule has 2 amide bonds. The van der Waals surface area contributed by atoms with Gasteiger partial charge >= 0.3 is 5.97 Å². The van der Waals surface area contributed by atoms with Gasteiger partial charge in [0.2, 0.25) is 5.91 Å². The fourth-order valence-electron chi connectivity index (χ4n) is 4.04. The van der Waals surface area contributed by atoms with E-state index in [1.807, 2.05) is 0 Å². The molecule has 2 aromatic rings. The third-order valence-electron chi connectivity index (χ3n) is 5.63. The number of amides is 2. The molecule has 1 atom stereocenters. The van der Waals surface area contributed by atoms with E-state index in [4.69, 9.17) is 9.15 Å². The van der Waals surface area contributed by atoms with Gasteiger partial charge in [0.15, 0.2) is 5.76 Å². The maximum atomic E-state index is 13.4. The quantitative estimate of drug-likeness (QED) is 0.778. The van der Waals surface area contributed by atoms with Gasteiger partial charge in [0, 0.05) is 0 Å². The average Bonchev–Trinajstić information content (AvgIpc) is 3.22. The van der Waals surface area contributed by atoms with Crippen LogP contribution < -0.4 is 10.2 Å². The van der Waals surface area contributed by atoms with Crippen molar-refractivity contribution in [2.45, 2.75) is 38.8 Å². The number of methoxy groups -OCH3 is 1. The first-order chi connectivity index (χ1) is 14.5. The predicted molar refractivity (Wildman–Crippen MR) is 111 cm³/mol. The Kier molecular flexibility index (Phi) is 5.59. The molecule has 3 heterocycles. The second-order valence-corrected chi connectivity index (χ2v) is 7.64. The number of hydrogen-bond donors (Lipinski definition) is 1. The first-order valence-corrected chi connectivity index (χ1v) is 10.2. The minimum absolute atomic E-state index is 0.133. The van der Waals surface area contributed by atoms with E-state index in [0.717, 1.165) is 13.1 Å². The van der Waals surface area contributed by atoms with Crippen molar-refractivity contribution in [1.82, 2.24) is 4.90 Å². The lowest BCUT2D eigenvalue weighted by molar-refractivity contribution is -0.117. The number of para-hydroxylation sites is 1. The van der Waals surface area contributed by atoms with Gasteiger partial charge in [0.05, 0.1) is 30.6 Å². The van der Waals surface area contributed by atoms with E-state index in [9.17, 15) is 14.4 Å². The number of esters is 1. The van der Waals surface area contributed by atoms with Gasteiger partial charge < -0.3 is 14.5 Å². The minimum Gasteiger partial charge on any atom is -0.465 e. The van der Waals surface area contributed by atoms with Gasteiger partial charge in [0.1, 0.15) is 11.8 Å². The van der Waals surface area contributed by atoms with Crippen LogP contribution in [0.25, 0.3) is 0 Å². The van der Waals surface area contributed by atoms with Gasteiger partial charge in [-0.1, -0.05) is 12.5 Å². The van der Waals surface area contributed by atoms with Crippen molar-refractivity contribution in [1.29, 1.82) is 0 Å². The molecule has 1 aromatic carbocycles. The van der Waals surface area contributed by atoms with E-state index < -0.39 is 17.9 Å². The molecule has 0 saturated carbocycles. The van der Waals surface area contributed by atoms with Gasteiger partial charge in [-0.3, -0.25) is 19.4 Å². The number of fused-ring (bicyclic) bond motifs is 1. The van der Waals surface area contributed by atoms with E-state index >= 15 is 0 Å². The van der Waals surface area contributed by atoms with Crippen LogP contribution in [-0.4, -0.2) is 48.9 Å². The number of ether oxygens (including phenoxy) is 1. The number of rotatable bonds is 4. The van der Waals surface area contributed by atoms with Gasteiger partial charge in [-0.05, 0) is 57.1 Å². The highest BCUT2D eigenvalue weighted by Crippen LogP contribution is 2.37. The number of nitrogens with one attached hydrogen (secondary N) is 1. The Hall–Kier alpha value is -3.13. The zero-order chi connectivity index (χ0) is 21.3. The summed E-state index contributed by atoms with van der Waals surface area (Å²) >= 11 is 0. The number of nitrogens with zero attached hydrogens (tertiary/aromatic N) is 2. The van der Waals surface area contributed by atoms with Crippen molar-refractivity contribution in [3.05, 3.63) is 47.4 Å². The lowest BCUT2D eigenvalue weighted by Crippen LogP contribution is -2.50. The van der Waals surface area contributed by atoms with Crippen molar-refractivity contribution in [2.75, 3.05) is 30.4 Å². The Morgan fingerprint density at radius 2 is 1.93 bits per heavy atom. The first-order valence-electron chi connectivity index (χ1n) is 10.2. The lowest BCUT2D eigenvalue weighted by atomic mass is 10.0. The molecule has 8 heteroatoms. The molecule has 0 spiro atoms. The largest absolute Gasteiger partial charge is 0.465 e. The molecule has 1 N–H and O–H groups in total. The number of carbonyl (C=O) groups excluding carboxylic acids is 3. The molecule has 8 nitrogen and oxygen atoms in total. The van der Waals surface area contributed by atoms with Crippen LogP contribution in [-0.2, 0) is 16.1 Å². The van der Waals surface area contributed by atoms with Crippen LogP contribution in [0, 0.1) is 0 Å². The SMILES string of the molecule is COC(=O)c1cccc2c1N(C(=O)c1ccc(CN3CCCCC3)o1)C(C)C(=O)N2. The van der Waals surface area contributed by atoms with E-state index in [-0.39, 0.29) is 17.2 Å². The zero-order valence-corrected chi connectivity index (χ0v) is 17.1. The molecule has 158 valence electrons. The van der Waals surface area contributed by atoms with Gasteiger partial charge in [-0.15, -0.1) is 0 Å². The smallest absolute Gasteiger partial charge is 0.340 e. The van der Waals surface area contributed by atoms with Gasteiger partial charge in [0.25, 0.3) is 5.91 Å². The molecule has 4 rings (SSSR count). The number of benzene rings is 1. The molecular weight excluding hydrogens is 386 g/mol. The summed E-state index contributed by atoms with van der Waals surface area (Å²) in [6.45, 7) is 4.29. The summed E-state index contributed by atoms with van der Waals surface area (Å²) in [5, 5.41) is 2.75. The second kappa shape index (κ2) is 8.31. The monoisotopic (exact) mass is 411 g/mol. The number of likely N-dealkylation sites (tertiary alicyclic amines) is 1. The number of hydrogen-bond acceptors (Lipinski definition) is 6. The van der Waals surface area contributed by atoms with E-state index in [2.05, 4.69) is 10.2 Å². The molecule has 0 aliphatic carbocycles. The van der Waals surface area contributed by atoms with Crippen LogP contribution in [0.2, 0.25) is 0 Å². The first kappa shape index (κ1) is 20.2. The molecule has 1 saturated heterocycles. The van der Waals surface area contributed by atoms with Crippen molar-refractivity contribution >= 4 is 29.2 Å².